The molecule has 2 N–H and O–H groups in total. The first-order valence-electron chi connectivity index (χ1n) is 10.5. The largest absolute Gasteiger partial charge is 0.480 e. The van der Waals surface area contributed by atoms with Crippen molar-refractivity contribution in [2.24, 2.45) is 0 Å². The van der Waals surface area contributed by atoms with Gasteiger partial charge in [-0.3, -0.25) is 4.79 Å². The van der Waals surface area contributed by atoms with Gasteiger partial charge in [0.05, 0.1) is 5.56 Å². The van der Waals surface area contributed by atoms with E-state index in [0.29, 0.717) is 5.56 Å². The number of carbonyl (C=O) groups is 2. The summed E-state index contributed by atoms with van der Waals surface area (Å²) < 4.78 is 0. The molecule has 5 aromatic rings. The van der Waals surface area contributed by atoms with E-state index < -0.39 is 12.0 Å². The summed E-state index contributed by atoms with van der Waals surface area (Å²) in [6.07, 6.45) is 0.200. The van der Waals surface area contributed by atoms with Crippen molar-refractivity contribution >= 4 is 44.2 Å². The van der Waals surface area contributed by atoms with Crippen molar-refractivity contribution in [3.8, 4) is 0 Å². The van der Waals surface area contributed by atoms with Crippen LogP contribution in [0, 0.1) is 0 Å². The predicted octanol–water partition coefficient (Wildman–Crippen LogP) is 5.57. The van der Waals surface area contributed by atoms with Gasteiger partial charge in [-0.2, -0.15) is 0 Å². The van der Waals surface area contributed by atoms with Crippen LogP contribution in [0.2, 0.25) is 0 Å². The Labute approximate surface area is 185 Å². The van der Waals surface area contributed by atoms with Gasteiger partial charge in [0.2, 0.25) is 0 Å². The van der Waals surface area contributed by atoms with Crippen molar-refractivity contribution in [1.82, 2.24) is 5.32 Å². The molecule has 1 amide bonds. The minimum Gasteiger partial charge on any atom is -0.480 e. The summed E-state index contributed by atoms with van der Waals surface area (Å²) in [6, 6.07) is 30.0. The molecule has 5 rings (SSSR count). The number of benzene rings is 5. The second kappa shape index (κ2) is 8.16. The third-order valence-electron chi connectivity index (χ3n) is 5.91. The van der Waals surface area contributed by atoms with E-state index in [2.05, 4.69) is 5.32 Å². The molecule has 0 aliphatic heterocycles. The lowest BCUT2D eigenvalue weighted by molar-refractivity contribution is -0.139. The molecular weight excluding hydrogens is 398 g/mol. The summed E-state index contributed by atoms with van der Waals surface area (Å²) in [5.74, 6) is -1.44. The molecule has 0 aromatic heterocycles. The fourth-order valence-electron chi connectivity index (χ4n) is 4.38. The maximum Gasteiger partial charge on any atom is 0.326 e. The summed E-state index contributed by atoms with van der Waals surface area (Å²) >= 11 is 0. The van der Waals surface area contributed by atoms with Crippen molar-refractivity contribution in [3.05, 3.63) is 108 Å². The summed E-state index contributed by atoms with van der Waals surface area (Å²) in [6.45, 7) is 0. The zero-order valence-corrected chi connectivity index (χ0v) is 17.3. The fourth-order valence-corrected chi connectivity index (χ4v) is 4.38. The van der Waals surface area contributed by atoms with Crippen LogP contribution in [0.15, 0.2) is 97.1 Å². The summed E-state index contributed by atoms with van der Waals surface area (Å²) in [4.78, 5) is 25.6. The molecule has 5 aromatic carbocycles. The van der Waals surface area contributed by atoms with E-state index in [9.17, 15) is 14.7 Å². The summed E-state index contributed by atoms with van der Waals surface area (Å²) in [5.41, 5.74) is 1.39. The number of hydrogen-bond acceptors (Lipinski definition) is 2. The molecule has 0 aliphatic carbocycles. The number of hydrogen-bond donors (Lipinski definition) is 2. The molecule has 0 unspecified atom stereocenters. The normalized spacial score (nSPS) is 12.1. The number of carboxylic acids is 1. The number of fused-ring (bicyclic) bond motifs is 3. The van der Waals surface area contributed by atoms with Crippen LogP contribution in [-0.2, 0) is 11.2 Å². The van der Waals surface area contributed by atoms with Crippen molar-refractivity contribution < 1.29 is 14.7 Å². The fraction of sp³-hybridized carbons (Fsp3) is 0.0714. The highest BCUT2D eigenvalue weighted by Gasteiger charge is 2.24. The van der Waals surface area contributed by atoms with Crippen LogP contribution in [0.1, 0.15) is 15.9 Å². The van der Waals surface area contributed by atoms with Crippen LogP contribution in [-0.4, -0.2) is 23.0 Å². The van der Waals surface area contributed by atoms with Gasteiger partial charge in [-0.05, 0) is 43.9 Å². The first-order chi connectivity index (χ1) is 15.6. The number of carbonyl (C=O) groups excluding carboxylic acids is 1. The molecule has 0 spiro atoms. The zero-order valence-electron chi connectivity index (χ0n) is 17.3. The highest BCUT2D eigenvalue weighted by molar-refractivity contribution is 6.18. The van der Waals surface area contributed by atoms with Gasteiger partial charge in [0.1, 0.15) is 6.04 Å². The van der Waals surface area contributed by atoms with E-state index in [-0.39, 0.29) is 12.3 Å². The van der Waals surface area contributed by atoms with Gasteiger partial charge in [-0.1, -0.05) is 91.0 Å². The van der Waals surface area contributed by atoms with E-state index in [0.717, 1.165) is 37.9 Å². The lowest BCUT2D eigenvalue weighted by atomic mass is 9.95. The highest BCUT2D eigenvalue weighted by atomic mass is 16.4. The SMILES string of the molecule is O=C(N[C@@H](Cc1cccc2ccccc12)C(=O)O)c1c2ccccc2cc2ccccc12. The molecule has 0 aliphatic rings. The maximum absolute atomic E-state index is 13.5. The Morgan fingerprint density at radius 2 is 1.22 bits per heavy atom. The van der Waals surface area contributed by atoms with Gasteiger partial charge in [-0.15, -0.1) is 0 Å². The molecule has 0 radical (unpaired) electrons. The second-order valence-corrected chi connectivity index (χ2v) is 7.90. The lowest BCUT2D eigenvalue weighted by Gasteiger charge is -2.18. The molecule has 0 heterocycles. The minimum absolute atomic E-state index is 0.200. The monoisotopic (exact) mass is 419 g/mol. The lowest BCUT2D eigenvalue weighted by Crippen LogP contribution is -2.42. The zero-order chi connectivity index (χ0) is 22.1. The van der Waals surface area contributed by atoms with Crippen LogP contribution < -0.4 is 5.32 Å². The summed E-state index contributed by atoms with van der Waals surface area (Å²) in [7, 11) is 0. The number of amides is 1. The van der Waals surface area contributed by atoms with Crippen molar-refractivity contribution in [2.45, 2.75) is 12.5 Å². The number of rotatable bonds is 5. The van der Waals surface area contributed by atoms with Gasteiger partial charge in [0.25, 0.3) is 5.91 Å². The Hall–Kier alpha value is -4.18. The Morgan fingerprint density at radius 1 is 0.688 bits per heavy atom. The molecule has 0 fully saturated rings. The van der Waals surface area contributed by atoms with Gasteiger partial charge < -0.3 is 10.4 Å². The topological polar surface area (TPSA) is 66.4 Å². The van der Waals surface area contributed by atoms with E-state index in [1.54, 1.807) is 0 Å². The predicted molar refractivity (Wildman–Crippen MR) is 128 cm³/mol. The number of aliphatic carboxylic acids is 1. The molecule has 1 atom stereocenters. The Kier molecular flexibility index (Phi) is 5.04. The summed E-state index contributed by atoms with van der Waals surface area (Å²) in [5, 5.41) is 18.2. The van der Waals surface area contributed by atoms with Gasteiger partial charge in [-0.25, -0.2) is 4.79 Å². The molecule has 4 nitrogen and oxygen atoms in total. The number of nitrogens with one attached hydrogen (secondary N) is 1. The average molecular weight is 419 g/mol. The van der Waals surface area contributed by atoms with Crippen LogP contribution in [0.5, 0.6) is 0 Å². The maximum atomic E-state index is 13.5. The van der Waals surface area contributed by atoms with Crippen molar-refractivity contribution in [2.75, 3.05) is 0 Å². The van der Waals surface area contributed by atoms with Crippen LogP contribution >= 0.6 is 0 Å². The van der Waals surface area contributed by atoms with Crippen LogP contribution in [0.4, 0.5) is 0 Å². The van der Waals surface area contributed by atoms with Crippen molar-refractivity contribution in [1.29, 1.82) is 0 Å². The molecule has 0 saturated carbocycles. The van der Waals surface area contributed by atoms with Gasteiger partial charge in [0.15, 0.2) is 0 Å². The molecule has 4 heteroatoms. The van der Waals surface area contributed by atoms with Crippen molar-refractivity contribution in [3.63, 3.8) is 0 Å². The van der Waals surface area contributed by atoms with Gasteiger partial charge in [0, 0.05) is 6.42 Å². The quantitative estimate of drug-likeness (QED) is 0.366. The molecule has 0 bridgehead atoms. The first-order valence-corrected chi connectivity index (χ1v) is 10.5. The van der Waals surface area contributed by atoms with Crippen LogP contribution in [0.3, 0.4) is 0 Å². The van der Waals surface area contributed by atoms with E-state index in [1.165, 1.54) is 0 Å². The smallest absolute Gasteiger partial charge is 0.326 e. The third-order valence-corrected chi connectivity index (χ3v) is 5.91. The molecular formula is C28H21NO3. The first kappa shape index (κ1) is 19.8. The minimum atomic E-state index is -1.06. The highest BCUT2D eigenvalue weighted by Crippen LogP contribution is 2.29. The van der Waals surface area contributed by atoms with Gasteiger partial charge >= 0.3 is 5.97 Å². The molecule has 0 saturated heterocycles. The Bertz CT molecular complexity index is 1430. The average Bonchev–Trinajstić information content (AvgIpc) is 2.82. The second-order valence-electron chi connectivity index (χ2n) is 7.90. The Morgan fingerprint density at radius 3 is 1.84 bits per heavy atom. The number of carboxylic acid groups (broad SMARTS) is 1. The van der Waals surface area contributed by atoms with E-state index >= 15 is 0 Å². The van der Waals surface area contributed by atoms with E-state index in [4.69, 9.17) is 0 Å². The van der Waals surface area contributed by atoms with E-state index in [1.807, 2.05) is 97.1 Å². The van der Waals surface area contributed by atoms with Crippen LogP contribution in [0.25, 0.3) is 32.3 Å². The third kappa shape index (κ3) is 3.56. The molecule has 156 valence electrons. The molecule has 32 heavy (non-hydrogen) atoms. The standard InChI is InChI=1S/C28H21NO3/c30-27(26-23-14-5-2-9-19(23)16-20-10-3-6-15-24(20)26)29-25(28(31)32)17-21-12-7-11-18-8-1-4-13-22(18)21/h1-16,25H,17H2,(H,29,30)(H,31,32)/t25-/m0/s1. The Balaban J connectivity index is 1.55.